The van der Waals surface area contributed by atoms with Crippen LogP contribution in [-0.2, 0) is 9.53 Å². The lowest BCUT2D eigenvalue weighted by molar-refractivity contribution is -0.114. The molecule has 1 aromatic carbocycles. The minimum Gasteiger partial charge on any atom is -0.430 e. The first-order valence-corrected chi connectivity index (χ1v) is 8.45. The maximum atomic E-state index is 12.9. The zero-order valence-electron chi connectivity index (χ0n) is 15.8. The molecule has 0 atom stereocenters. The number of esters is 1. The Morgan fingerprint density at radius 1 is 0.880 bits per heavy atom. The number of rotatable bonds is 2. The number of ether oxygens (including phenoxy) is 1. The molecule has 1 aliphatic carbocycles. The third kappa shape index (κ3) is 4.56. The monoisotopic (exact) mass is 338 g/mol. The molecule has 0 aromatic heterocycles. The number of hydrogen-bond acceptors (Lipinski definition) is 3. The van der Waals surface area contributed by atoms with Gasteiger partial charge < -0.3 is 4.74 Å². The molecule has 0 radical (unpaired) electrons. The molecule has 1 aliphatic rings. The Labute approximate surface area is 150 Å². The summed E-state index contributed by atoms with van der Waals surface area (Å²) in [5.41, 5.74) is 2.09. The fourth-order valence-corrected chi connectivity index (χ4v) is 2.60. The minimum absolute atomic E-state index is 0.0616. The summed E-state index contributed by atoms with van der Waals surface area (Å²) >= 11 is 0. The summed E-state index contributed by atoms with van der Waals surface area (Å²) in [6, 6.07) is 8.84. The average molecular weight is 338 g/mol. The van der Waals surface area contributed by atoms with Crippen molar-refractivity contribution in [1.82, 2.24) is 0 Å². The smallest absolute Gasteiger partial charge is 0.342 e. The second-order valence-electron chi connectivity index (χ2n) is 8.33. The molecule has 2 rings (SSSR count). The zero-order valence-corrected chi connectivity index (χ0v) is 15.8. The molecule has 132 valence electrons. The lowest BCUT2D eigenvalue weighted by atomic mass is 9.72. The first-order chi connectivity index (χ1) is 11.5. The molecule has 1 aromatic rings. The van der Waals surface area contributed by atoms with E-state index in [1.807, 2.05) is 59.8 Å². The highest BCUT2D eigenvalue weighted by Gasteiger charge is 2.34. The quantitative estimate of drug-likeness (QED) is 0.546. The molecule has 25 heavy (non-hydrogen) atoms. The highest BCUT2D eigenvalue weighted by molar-refractivity contribution is 6.11. The van der Waals surface area contributed by atoms with Crippen molar-refractivity contribution in [1.29, 1.82) is 0 Å². The van der Waals surface area contributed by atoms with Gasteiger partial charge >= 0.3 is 5.97 Å². The number of benzene rings is 1. The molecule has 0 bridgehead atoms. The normalized spacial score (nSPS) is 15.4. The molecule has 0 aliphatic heterocycles. The molecule has 0 amide bonds. The van der Waals surface area contributed by atoms with Gasteiger partial charge in [0.15, 0.2) is 5.78 Å². The van der Waals surface area contributed by atoms with Gasteiger partial charge in [-0.25, -0.2) is 4.79 Å². The second-order valence-corrected chi connectivity index (χ2v) is 8.33. The van der Waals surface area contributed by atoms with Gasteiger partial charge in [-0.3, -0.25) is 4.79 Å². The zero-order chi connectivity index (χ0) is 18.8. The summed E-state index contributed by atoms with van der Waals surface area (Å²) in [5, 5.41) is 0. The molecular formula is C22H26O3. The van der Waals surface area contributed by atoms with E-state index in [1.165, 1.54) is 6.26 Å². The van der Waals surface area contributed by atoms with Crippen LogP contribution in [0.2, 0.25) is 0 Å². The van der Waals surface area contributed by atoms with Crippen LogP contribution in [0.4, 0.5) is 0 Å². The van der Waals surface area contributed by atoms with Crippen LogP contribution in [0.1, 0.15) is 51.9 Å². The SMILES string of the molecule is CC(C)(C)C1=CC(=COC(=O)c2ccccc2)C=C(C(C)(C)C)C1=O. The molecule has 0 spiro atoms. The van der Waals surface area contributed by atoms with Crippen LogP contribution in [0.15, 0.2) is 65.5 Å². The fourth-order valence-electron chi connectivity index (χ4n) is 2.60. The van der Waals surface area contributed by atoms with Crippen molar-refractivity contribution < 1.29 is 14.3 Å². The average Bonchev–Trinajstić information content (AvgIpc) is 2.52. The molecule has 3 heteroatoms. The summed E-state index contributed by atoms with van der Waals surface area (Å²) < 4.78 is 5.32. The van der Waals surface area contributed by atoms with E-state index in [4.69, 9.17) is 4.74 Å². The van der Waals surface area contributed by atoms with Gasteiger partial charge in [-0.2, -0.15) is 0 Å². The van der Waals surface area contributed by atoms with Crippen LogP contribution in [0.3, 0.4) is 0 Å². The summed E-state index contributed by atoms with van der Waals surface area (Å²) in [4.78, 5) is 25.0. The second kappa shape index (κ2) is 6.83. The molecule has 0 heterocycles. The fraction of sp³-hybridized carbons (Fsp3) is 0.364. The van der Waals surface area contributed by atoms with Gasteiger partial charge in [0.05, 0.1) is 5.56 Å². The number of carbonyl (C=O) groups excluding carboxylic acids is 2. The van der Waals surface area contributed by atoms with E-state index in [9.17, 15) is 9.59 Å². The number of carbonyl (C=O) groups is 2. The molecule has 0 N–H and O–H groups in total. The van der Waals surface area contributed by atoms with Crippen LogP contribution in [-0.4, -0.2) is 11.8 Å². The van der Waals surface area contributed by atoms with Gasteiger partial charge in [0.1, 0.15) is 6.26 Å². The largest absolute Gasteiger partial charge is 0.430 e. The van der Waals surface area contributed by atoms with E-state index < -0.39 is 5.97 Å². The van der Waals surface area contributed by atoms with E-state index in [0.717, 1.165) is 16.7 Å². The van der Waals surface area contributed by atoms with Gasteiger partial charge in [-0.15, -0.1) is 0 Å². The third-order valence-electron chi connectivity index (χ3n) is 4.04. The van der Waals surface area contributed by atoms with E-state index >= 15 is 0 Å². The van der Waals surface area contributed by atoms with Crippen molar-refractivity contribution in [3.05, 3.63) is 71.0 Å². The predicted octanol–water partition coefficient (Wildman–Crippen LogP) is 5.26. The molecule has 0 saturated heterocycles. The Morgan fingerprint density at radius 2 is 1.36 bits per heavy atom. The van der Waals surface area contributed by atoms with Crippen LogP contribution >= 0.6 is 0 Å². The van der Waals surface area contributed by atoms with Crippen molar-refractivity contribution in [2.24, 2.45) is 10.8 Å². The third-order valence-corrected chi connectivity index (χ3v) is 4.04. The summed E-state index contributed by atoms with van der Waals surface area (Å²) in [6.45, 7) is 12.1. The van der Waals surface area contributed by atoms with Gasteiger partial charge in [0.25, 0.3) is 0 Å². The van der Waals surface area contributed by atoms with Crippen molar-refractivity contribution in [3.63, 3.8) is 0 Å². The first kappa shape index (κ1) is 18.9. The molecular weight excluding hydrogens is 312 g/mol. The van der Waals surface area contributed by atoms with E-state index in [0.29, 0.717) is 5.56 Å². The van der Waals surface area contributed by atoms with Gasteiger partial charge in [0, 0.05) is 16.7 Å². The number of allylic oxidation sites excluding steroid dienone is 5. The van der Waals surface area contributed by atoms with Crippen LogP contribution in [0, 0.1) is 10.8 Å². The van der Waals surface area contributed by atoms with Crippen molar-refractivity contribution in [3.8, 4) is 0 Å². The molecule has 0 saturated carbocycles. The maximum Gasteiger partial charge on any atom is 0.342 e. The van der Waals surface area contributed by atoms with Crippen LogP contribution in [0.5, 0.6) is 0 Å². The Bertz CT molecular complexity index is 728. The molecule has 0 unspecified atom stereocenters. The number of hydrogen-bond donors (Lipinski definition) is 0. The number of ketones is 1. The standard InChI is InChI=1S/C22H26O3/c1-21(2,3)17-12-15(13-18(19(17)23)22(4,5)6)14-25-20(24)16-10-8-7-9-11-16/h7-14H,1-6H3. The first-order valence-electron chi connectivity index (χ1n) is 8.45. The van der Waals surface area contributed by atoms with E-state index in [1.54, 1.807) is 24.3 Å². The van der Waals surface area contributed by atoms with Crippen molar-refractivity contribution in [2.75, 3.05) is 0 Å². The van der Waals surface area contributed by atoms with Crippen molar-refractivity contribution >= 4 is 11.8 Å². The number of Topliss-reactive ketones (excluding diaryl/α,β-unsaturated/α-hetero) is 1. The summed E-state index contributed by atoms with van der Waals surface area (Å²) in [7, 11) is 0. The van der Waals surface area contributed by atoms with Gasteiger partial charge in [-0.05, 0) is 35.1 Å². The van der Waals surface area contributed by atoms with E-state index in [-0.39, 0.29) is 16.6 Å². The van der Waals surface area contributed by atoms with E-state index in [2.05, 4.69) is 0 Å². The van der Waals surface area contributed by atoms with Gasteiger partial charge in [-0.1, -0.05) is 59.7 Å². The lowest BCUT2D eigenvalue weighted by Gasteiger charge is -2.31. The molecule has 3 nitrogen and oxygen atoms in total. The van der Waals surface area contributed by atoms with Crippen LogP contribution in [0.25, 0.3) is 0 Å². The Balaban J connectivity index is 2.36. The highest BCUT2D eigenvalue weighted by Crippen LogP contribution is 2.38. The minimum atomic E-state index is -0.415. The maximum absolute atomic E-state index is 12.9. The summed E-state index contributed by atoms with van der Waals surface area (Å²) in [5.74, 6) is -0.354. The van der Waals surface area contributed by atoms with Crippen molar-refractivity contribution in [2.45, 2.75) is 41.5 Å². The predicted molar refractivity (Wildman–Crippen MR) is 100 cm³/mol. The Kier molecular flexibility index (Phi) is 5.17. The lowest BCUT2D eigenvalue weighted by Crippen LogP contribution is -2.28. The Hall–Kier alpha value is -2.42. The Morgan fingerprint density at radius 3 is 1.80 bits per heavy atom. The summed E-state index contributed by atoms with van der Waals surface area (Å²) in [6.07, 6.45) is 5.06. The highest BCUT2D eigenvalue weighted by atomic mass is 16.5. The van der Waals surface area contributed by atoms with Crippen LogP contribution < -0.4 is 0 Å². The van der Waals surface area contributed by atoms with Gasteiger partial charge in [0.2, 0.25) is 0 Å². The topological polar surface area (TPSA) is 43.4 Å². The molecule has 0 fully saturated rings.